The minimum Gasteiger partial charge on any atom is -0.324 e. The molecule has 0 saturated carbocycles. The fourth-order valence-corrected chi connectivity index (χ4v) is 4.17. The topological polar surface area (TPSA) is 46.5 Å². The second kappa shape index (κ2) is 18.3. The Morgan fingerprint density at radius 3 is 1.77 bits per heavy atom. The molecule has 156 valence electrons. The molecule has 4 heteroatoms. The highest BCUT2D eigenvalue weighted by Crippen LogP contribution is 2.43. The molecule has 1 atom stereocenters. The van der Waals surface area contributed by atoms with Crippen molar-refractivity contribution < 1.29 is 14.0 Å². The summed E-state index contributed by atoms with van der Waals surface area (Å²) in [6, 6.07) is 0. The molecule has 0 aliphatic rings. The highest BCUT2D eigenvalue weighted by molar-refractivity contribution is 7.52. The van der Waals surface area contributed by atoms with E-state index in [0.29, 0.717) is 18.7 Å². The first kappa shape index (κ1) is 25.9. The molecule has 0 fully saturated rings. The average Bonchev–Trinajstić information content (AvgIpc) is 2.60. The van der Waals surface area contributed by atoms with Crippen molar-refractivity contribution in [2.75, 3.05) is 12.8 Å². The van der Waals surface area contributed by atoms with E-state index in [-0.39, 0.29) is 0 Å². The van der Waals surface area contributed by atoms with Crippen molar-refractivity contribution in [3.8, 4) is 0 Å². The number of allylic oxidation sites excluding steroid dienone is 2. The van der Waals surface area contributed by atoms with E-state index in [0.717, 1.165) is 19.3 Å². The molecular weight excluding hydrogens is 343 g/mol. The van der Waals surface area contributed by atoms with Crippen LogP contribution in [-0.2, 0) is 9.09 Å². The Morgan fingerprint density at radius 2 is 1.27 bits per heavy atom. The number of hydrogen-bond donors (Lipinski definition) is 1. The summed E-state index contributed by atoms with van der Waals surface area (Å²) >= 11 is 0. The maximum absolute atomic E-state index is 11.8. The van der Waals surface area contributed by atoms with Crippen molar-refractivity contribution in [3.05, 3.63) is 12.2 Å². The molecule has 0 saturated heterocycles. The maximum Gasteiger partial charge on any atom is 0.328 e. The van der Waals surface area contributed by atoms with Crippen molar-refractivity contribution in [1.82, 2.24) is 0 Å². The Morgan fingerprint density at radius 1 is 0.808 bits per heavy atom. The Kier molecular flexibility index (Phi) is 18.2. The lowest BCUT2D eigenvalue weighted by Crippen LogP contribution is -2.02. The number of hydrogen-bond acceptors (Lipinski definition) is 2. The first-order chi connectivity index (χ1) is 12.5. The normalized spacial score (nSPS) is 14.3. The Bertz CT molecular complexity index is 366. The fraction of sp³-hybridized carbons (Fsp3) is 0.909. The summed E-state index contributed by atoms with van der Waals surface area (Å²) < 4.78 is 16.9. The van der Waals surface area contributed by atoms with Crippen LogP contribution in [-0.4, -0.2) is 17.7 Å². The van der Waals surface area contributed by atoms with Gasteiger partial charge in [0, 0.05) is 6.16 Å². The molecule has 3 nitrogen and oxygen atoms in total. The smallest absolute Gasteiger partial charge is 0.324 e. The molecule has 0 aromatic heterocycles. The quantitative estimate of drug-likeness (QED) is 0.139. The van der Waals surface area contributed by atoms with Crippen LogP contribution in [0.3, 0.4) is 0 Å². The highest BCUT2D eigenvalue weighted by Gasteiger charge is 2.18. The van der Waals surface area contributed by atoms with Crippen molar-refractivity contribution in [2.45, 2.75) is 111 Å². The van der Waals surface area contributed by atoms with Crippen LogP contribution in [0.15, 0.2) is 12.2 Å². The zero-order valence-corrected chi connectivity index (χ0v) is 18.7. The van der Waals surface area contributed by atoms with Crippen LogP contribution in [0.5, 0.6) is 0 Å². The van der Waals surface area contributed by atoms with Crippen molar-refractivity contribution in [1.29, 1.82) is 0 Å². The number of unbranched alkanes of at least 4 members (excludes halogenated alkanes) is 12. The van der Waals surface area contributed by atoms with Gasteiger partial charge in [-0.05, 0) is 38.0 Å². The van der Waals surface area contributed by atoms with Crippen LogP contribution in [0.4, 0.5) is 0 Å². The van der Waals surface area contributed by atoms with Gasteiger partial charge in [0.15, 0.2) is 0 Å². The monoisotopic (exact) mass is 388 g/mol. The fourth-order valence-electron chi connectivity index (χ4n) is 2.89. The zero-order chi connectivity index (χ0) is 19.5. The molecule has 0 rings (SSSR count). The molecule has 26 heavy (non-hydrogen) atoms. The third-order valence-corrected chi connectivity index (χ3v) is 6.00. The average molecular weight is 389 g/mol. The number of rotatable bonds is 19. The second-order valence-corrected chi connectivity index (χ2v) is 9.97. The molecule has 0 radical (unpaired) electrons. The van der Waals surface area contributed by atoms with Gasteiger partial charge in [0.2, 0.25) is 0 Å². The summed E-state index contributed by atoms with van der Waals surface area (Å²) in [4.78, 5) is 9.70. The van der Waals surface area contributed by atoms with Gasteiger partial charge in [-0.15, -0.1) is 0 Å². The van der Waals surface area contributed by atoms with Gasteiger partial charge in [-0.25, -0.2) is 0 Å². The van der Waals surface area contributed by atoms with E-state index in [1.165, 1.54) is 70.6 Å². The second-order valence-electron chi connectivity index (χ2n) is 7.99. The Labute approximate surface area is 163 Å². The van der Waals surface area contributed by atoms with Gasteiger partial charge < -0.3 is 9.42 Å². The minimum absolute atomic E-state index is 0.301. The first-order valence-corrected chi connectivity index (χ1v) is 12.9. The summed E-state index contributed by atoms with van der Waals surface area (Å²) in [6.45, 7) is 6.62. The van der Waals surface area contributed by atoms with Crippen LogP contribution in [0.25, 0.3) is 0 Å². The zero-order valence-electron chi connectivity index (χ0n) is 17.8. The SMILES string of the molecule is CCCCCCCC/C=C\CCCCCCCCP(=O)(O)OCC(C)C. The van der Waals surface area contributed by atoms with Gasteiger partial charge in [-0.3, -0.25) is 4.57 Å². The lowest BCUT2D eigenvalue weighted by Gasteiger charge is -2.13. The molecule has 0 spiro atoms. The van der Waals surface area contributed by atoms with Crippen molar-refractivity contribution in [3.63, 3.8) is 0 Å². The molecule has 1 unspecified atom stereocenters. The summed E-state index contributed by atoms with van der Waals surface area (Å²) in [5.74, 6) is 0.301. The predicted octanol–water partition coefficient (Wildman–Crippen LogP) is 7.88. The molecule has 0 amide bonds. The van der Waals surface area contributed by atoms with Crippen LogP contribution < -0.4 is 0 Å². The van der Waals surface area contributed by atoms with E-state index < -0.39 is 7.60 Å². The summed E-state index contributed by atoms with van der Waals surface area (Å²) in [6.07, 6.45) is 22.4. The molecule has 0 bridgehead atoms. The van der Waals surface area contributed by atoms with Crippen LogP contribution in [0, 0.1) is 5.92 Å². The van der Waals surface area contributed by atoms with Crippen LogP contribution in [0.1, 0.15) is 111 Å². The van der Waals surface area contributed by atoms with Gasteiger partial charge in [0.1, 0.15) is 0 Å². The molecule has 0 aliphatic carbocycles. The highest BCUT2D eigenvalue weighted by atomic mass is 31.2. The van der Waals surface area contributed by atoms with Crippen molar-refractivity contribution in [2.24, 2.45) is 5.92 Å². The van der Waals surface area contributed by atoms with Crippen molar-refractivity contribution >= 4 is 7.60 Å². The van der Waals surface area contributed by atoms with E-state index in [1.54, 1.807) is 0 Å². The lowest BCUT2D eigenvalue weighted by molar-refractivity contribution is 0.229. The molecular formula is C22H45O3P. The minimum atomic E-state index is -3.34. The van der Waals surface area contributed by atoms with Crippen LogP contribution >= 0.6 is 7.60 Å². The van der Waals surface area contributed by atoms with E-state index in [1.807, 2.05) is 13.8 Å². The van der Waals surface area contributed by atoms with E-state index >= 15 is 0 Å². The largest absolute Gasteiger partial charge is 0.328 e. The third kappa shape index (κ3) is 20.2. The van der Waals surface area contributed by atoms with E-state index in [9.17, 15) is 9.46 Å². The summed E-state index contributed by atoms with van der Waals surface area (Å²) in [5.41, 5.74) is 0. The molecule has 0 aromatic rings. The predicted molar refractivity (Wildman–Crippen MR) is 115 cm³/mol. The first-order valence-electron chi connectivity index (χ1n) is 11.1. The van der Waals surface area contributed by atoms with Gasteiger partial charge >= 0.3 is 7.60 Å². The van der Waals surface area contributed by atoms with E-state index in [2.05, 4.69) is 19.1 Å². The Balaban J connectivity index is 3.30. The Hall–Kier alpha value is -0.110. The molecule has 0 aliphatic heterocycles. The van der Waals surface area contributed by atoms with Gasteiger partial charge in [0.25, 0.3) is 0 Å². The van der Waals surface area contributed by atoms with E-state index in [4.69, 9.17) is 4.52 Å². The van der Waals surface area contributed by atoms with Gasteiger partial charge in [0.05, 0.1) is 6.61 Å². The maximum atomic E-state index is 11.8. The lowest BCUT2D eigenvalue weighted by atomic mass is 10.1. The summed E-state index contributed by atoms with van der Waals surface area (Å²) in [7, 11) is -3.34. The third-order valence-electron chi connectivity index (χ3n) is 4.56. The molecule has 0 heterocycles. The summed E-state index contributed by atoms with van der Waals surface area (Å²) in [5, 5.41) is 0. The van der Waals surface area contributed by atoms with Crippen LogP contribution in [0.2, 0.25) is 0 Å². The standard InChI is InChI=1S/C22H45O3P/c1-4-5-6-7-8-9-10-11-12-13-14-15-16-17-18-19-20-26(23,24)25-21-22(2)3/h11-12,22H,4-10,13-21H2,1-3H3,(H,23,24)/b12-11-. The van der Waals surface area contributed by atoms with Gasteiger partial charge in [-0.1, -0.05) is 90.7 Å². The van der Waals surface area contributed by atoms with Gasteiger partial charge in [-0.2, -0.15) is 0 Å². The molecule has 0 aromatic carbocycles. The molecule has 1 N–H and O–H groups in total.